The topological polar surface area (TPSA) is 139 Å². The third-order valence-corrected chi connectivity index (χ3v) is 8.44. The maximum Gasteiger partial charge on any atom is 0.306 e. The minimum absolute atomic E-state index is 0.00531. The van der Waals surface area contributed by atoms with Crippen LogP contribution in [-0.2, 0) is 24.3 Å². The number of nitrogens with one attached hydrogen (secondary N) is 1. The zero-order chi connectivity index (χ0) is 27.0. The molecule has 2 aliphatic heterocycles. The Kier molecular flexibility index (Phi) is 7.56. The second kappa shape index (κ2) is 10.4. The van der Waals surface area contributed by atoms with E-state index in [0.29, 0.717) is 23.7 Å². The number of non-ortho nitro benzene ring substituents is 1. The summed E-state index contributed by atoms with van der Waals surface area (Å²) in [4.78, 5) is 38.6. The lowest BCUT2D eigenvalue weighted by Gasteiger charge is -2.48. The van der Waals surface area contributed by atoms with Gasteiger partial charge in [-0.3, -0.25) is 24.6 Å². The number of anilines is 1. The van der Waals surface area contributed by atoms with Crippen LogP contribution in [0.4, 0.5) is 11.4 Å². The first-order valence-corrected chi connectivity index (χ1v) is 13.5. The molecule has 2 saturated heterocycles. The van der Waals surface area contributed by atoms with Crippen molar-refractivity contribution in [2.45, 2.75) is 49.3 Å². The van der Waals surface area contributed by atoms with Crippen molar-refractivity contribution in [3.63, 3.8) is 0 Å². The van der Waals surface area contributed by atoms with Crippen LogP contribution in [0.15, 0.2) is 53.4 Å². The highest BCUT2D eigenvalue weighted by Gasteiger charge is 2.43. The fourth-order valence-corrected chi connectivity index (χ4v) is 6.05. The van der Waals surface area contributed by atoms with Crippen molar-refractivity contribution in [1.29, 1.82) is 0 Å². The number of piperazine rings is 1. The fourth-order valence-electron chi connectivity index (χ4n) is 4.55. The molecule has 0 bridgehead atoms. The van der Waals surface area contributed by atoms with E-state index in [2.05, 4.69) is 4.72 Å². The second-order valence-corrected chi connectivity index (χ2v) is 11.8. The molecule has 0 radical (unpaired) electrons. The maximum atomic E-state index is 13.2. The normalized spacial score (nSPS) is 21.1. The molecule has 4 rings (SSSR count). The van der Waals surface area contributed by atoms with Crippen LogP contribution in [0.1, 0.15) is 26.7 Å². The second-order valence-electron chi connectivity index (χ2n) is 9.67. The number of nitro groups is 1. The van der Waals surface area contributed by atoms with Gasteiger partial charge in [-0.2, -0.15) is 0 Å². The van der Waals surface area contributed by atoms with Crippen molar-refractivity contribution in [3.05, 3.63) is 63.7 Å². The van der Waals surface area contributed by atoms with E-state index in [0.717, 1.165) is 24.3 Å². The van der Waals surface area contributed by atoms with Crippen molar-refractivity contribution in [1.82, 2.24) is 9.62 Å². The van der Waals surface area contributed by atoms with E-state index < -0.39 is 38.6 Å². The molecule has 13 heteroatoms. The van der Waals surface area contributed by atoms with Crippen LogP contribution in [0.25, 0.3) is 0 Å². The standard InChI is InChI=1S/C24H27ClN4O7S/c1-24(2)15-28(20-6-4-3-5-18(20)25)22(30)14-27(24)13-19(21-11-12-23(31)36-21)26-37(34,35)17-9-7-16(8-10-17)29(32)33/h3-10,19,21,26H,11-15H2,1-2H3/t19-,21-/m0/s1. The van der Waals surface area contributed by atoms with E-state index >= 15 is 0 Å². The van der Waals surface area contributed by atoms with E-state index in [-0.39, 0.29) is 36.0 Å². The predicted octanol–water partition coefficient (Wildman–Crippen LogP) is 2.73. The molecule has 2 aliphatic rings. The molecule has 1 amide bonds. The first kappa shape index (κ1) is 27.0. The Balaban J connectivity index is 1.57. The van der Waals surface area contributed by atoms with Crippen molar-refractivity contribution in [3.8, 4) is 0 Å². The minimum Gasteiger partial charge on any atom is -0.461 e. The Morgan fingerprint density at radius 2 is 1.86 bits per heavy atom. The van der Waals surface area contributed by atoms with Gasteiger partial charge in [0.2, 0.25) is 15.9 Å². The monoisotopic (exact) mass is 550 g/mol. The van der Waals surface area contributed by atoms with Gasteiger partial charge in [0.1, 0.15) is 6.10 Å². The number of para-hydroxylation sites is 1. The molecular weight excluding hydrogens is 524 g/mol. The van der Waals surface area contributed by atoms with Crippen molar-refractivity contribution in [2.75, 3.05) is 24.5 Å². The molecule has 2 atom stereocenters. The minimum atomic E-state index is -4.12. The molecule has 0 spiro atoms. The number of esters is 1. The molecule has 2 fully saturated rings. The van der Waals surface area contributed by atoms with Crippen LogP contribution >= 0.6 is 11.6 Å². The Labute approximate surface area is 219 Å². The number of rotatable bonds is 8. The summed E-state index contributed by atoms with van der Waals surface area (Å²) in [5.41, 5.74) is -0.217. The van der Waals surface area contributed by atoms with Gasteiger partial charge >= 0.3 is 5.97 Å². The fraction of sp³-hybridized carbons (Fsp3) is 0.417. The van der Waals surface area contributed by atoms with Crippen LogP contribution in [-0.4, -0.2) is 67.4 Å². The first-order chi connectivity index (χ1) is 17.4. The van der Waals surface area contributed by atoms with Gasteiger partial charge in [0.15, 0.2) is 0 Å². The molecule has 0 aromatic heterocycles. The summed E-state index contributed by atoms with van der Waals surface area (Å²) in [5, 5.41) is 11.4. The third kappa shape index (κ3) is 5.93. The molecule has 2 aromatic carbocycles. The number of amides is 1. The summed E-state index contributed by atoms with van der Waals surface area (Å²) < 4.78 is 34.4. The van der Waals surface area contributed by atoms with Gasteiger partial charge in [-0.05, 0) is 44.5 Å². The number of hydrogen-bond acceptors (Lipinski definition) is 8. The van der Waals surface area contributed by atoms with Crippen LogP contribution in [0.2, 0.25) is 5.02 Å². The summed E-state index contributed by atoms with van der Waals surface area (Å²) >= 11 is 6.32. The average Bonchev–Trinajstić information content (AvgIpc) is 3.27. The van der Waals surface area contributed by atoms with Crippen LogP contribution in [0.3, 0.4) is 0 Å². The van der Waals surface area contributed by atoms with Crippen molar-refractivity contribution < 1.29 is 27.7 Å². The molecular formula is C24H27ClN4O7S. The third-order valence-electron chi connectivity index (χ3n) is 6.62. The lowest BCUT2D eigenvalue weighted by atomic mass is 9.96. The number of nitro benzene ring substituents is 1. The molecule has 2 aromatic rings. The van der Waals surface area contributed by atoms with Gasteiger partial charge in [0.05, 0.1) is 33.1 Å². The Bertz CT molecular complexity index is 1320. The highest BCUT2D eigenvalue weighted by Crippen LogP contribution is 2.32. The molecule has 0 aliphatic carbocycles. The van der Waals surface area contributed by atoms with Gasteiger partial charge in [0, 0.05) is 37.2 Å². The number of carbonyl (C=O) groups is 2. The first-order valence-electron chi connectivity index (χ1n) is 11.6. The van der Waals surface area contributed by atoms with E-state index in [1.165, 1.54) is 0 Å². The summed E-state index contributed by atoms with van der Waals surface area (Å²) in [6, 6.07) is 10.7. The van der Waals surface area contributed by atoms with E-state index in [1.807, 2.05) is 18.7 Å². The maximum absolute atomic E-state index is 13.2. The molecule has 0 unspecified atom stereocenters. The van der Waals surface area contributed by atoms with E-state index in [9.17, 15) is 28.1 Å². The van der Waals surface area contributed by atoms with Gasteiger partial charge in [-0.15, -0.1) is 0 Å². The molecule has 198 valence electrons. The number of benzene rings is 2. The number of sulfonamides is 1. The van der Waals surface area contributed by atoms with Crippen LogP contribution in [0, 0.1) is 10.1 Å². The lowest BCUT2D eigenvalue weighted by molar-refractivity contribution is -0.384. The Morgan fingerprint density at radius 1 is 1.19 bits per heavy atom. The quantitative estimate of drug-likeness (QED) is 0.301. The molecule has 11 nitrogen and oxygen atoms in total. The smallest absolute Gasteiger partial charge is 0.306 e. The Hall–Kier alpha value is -3.06. The van der Waals surface area contributed by atoms with Crippen molar-refractivity contribution in [2.24, 2.45) is 0 Å². The number of carbonyl (C=O) groups excluding carboxylic acids is 2. The van der Waals surface area contributed by atoms with Gasteiger partial charge in [-0.25, -0.2) is 13.1 Å². The van der Waals surface area contributed by atoms with Crippen LogP contribution in [0.5, 0.6) is 0 Å². The van der Waals surface area contributed by atoms with Crippen molar-refractivity contribution >= 4 is 44.9 Å². The molecule has 1 N–H and O–H groups in total. The largest absolute Gasteiger partial charge is 0.461 e. The zero-order valence-corrected chi connectivity index (χ0v) is 21.9. The highest BCUT2D eigenvalue weighted by molar-refractivity contribution is 7.89. The lowest BCUT2D eigenvalue weighted by Crippen LogP contribution is -2.65. The Morgan fingerprint density at radius 3 is 2.46 bits per heavy atom. The van der Waals surface area contributed by atoms with E-state index in [1.54, 1.807) is 29.2 Å². The van der Waals surface area contributed by atoms with Gasteiger partial charge < -0.3 is 9.64 Å². The van der Waals surface area contributed by atoms with Crippen LogP contribution < -0.4 is 9.62 Å². The molecule has 0 saturated carbocycles. The summed E-state index contributed by atoms with van der Waals surface area (Å²) in [7, 11) is -4.12. The number of halogens is 1. The molecule has 2 heterocycles. The SMILES string of the molecule is CC1(C)CN(c2ccccc2Cl)C(=O)CN1C[C@H](NS(=O)(=O)c1ccc([N+](=O)[O-])cc1)[C@@H]1CCC(=O)O1. The summed E-state index contributed by atoms with van der Waals surface area (Å²) in [6.45, 7) is 4.27. The molecule has 37 heavy (non-hydrogen) atoms. The van der Waals surface area contributed by atoms with Gasteiger partial charge in [0.25, 0.3) is 5.69 Å². The highest BCUT2D eigenvalue weighted by atomic mass is 35.5. The van der Waals surface area contributed by atoms with E-state index in [4.69, 9.17) is 16.3 Å². The average molecular weight is 551 g/mol. The number of cyclic esters (lactones) is 1. The predicted molar refractivity (Wildman–Crippen MR) is 136 cm³/mol. The van der Waals surface area contributed by atoms with Gasteiger partial charge in [-0.1, -0.05) is 23.7 Å². The summed E-state index contributed by atoms with van der Waals surface area (Å²) in [6.07, 6.45) is -0.253. The number of hydrogen-bond donors (Lipinski definition) is 1. The zero-order valence-electron chi connectivity index (χ0n) is 20.3. The number of ether oxygens (including phenoxy) is 1. The summed E-state index contributed by atoms with van der Waals surface area (Å²) in [5.74, 6) is -0.628. The number of nitrogens with zero attached hydrogens (tertiary/aromatic N) is 3.